The maximum atomic E-state index is 12.4. The summed E-state index contributed by atoms with van der Waals surface area (Å²) in [5.74, 6) is 0.0788. The Morgan fingerprint density at radius 3 is 2.52 bits per heavy atom. The van der Waals surface area contributed by atoms with Crippen molar-refractivity contribution in [2.45, 2.75) is 49.6 Å². The molecular formula is C18H23N3O2. The number of rotatable bonds is 2. The van der Waals surface area contributed by atoms with Gasteiger partial charge in [-0.25, -0.2) is 4.79 Å². The molecule has 4 rings (SSSR count). The van der Waals surface area contributed by atoms with Crippen LogP contribution in [0.5, 0.6) is 0 Å². The van der Waals surface area contributed by atoms with Gasteiger partial charge in [-0.05, 0) is 37.7 Å². The van der Waals surface area contributed by atoms with Crippen LogP contribution >= 0.6 is 0 Å². The molecule has 1 unspecified atom stereocenters. The molecule has 0 radical (unpaired) electrons. The first kappa shape index (κ1) is 14.5. The van der Waals surface area contributed by atoms with E-state index in [1.54, 1.807) is 0 Å². The van der Waals surface area contributed by atoms with E-state index < -0.39 is 0 Å². The van der Waals surface area contributed by atoms with Crippen LogP contribution < -0.4 is 10.6 Å². The molecule has 122 valence electrons. The molecule has 2 saturated heterocycles. The summed E-state index contributed by atoms with van der Waals surface area (Å²) >= 11 is 0. The molecule has 23 heavy (non-hydrogen) atoms. The first-order chi connectivity index (χ1) is 11.2. The molecule has 0 bridgehead atoms. The van der Waals surface area contributed by atoms with Crippen molar-refractivity contribution in [3.05, 3.63) is 35.9 Å². The van der Waals surface area contributed by atoms with Gasteiger partial charge in [0.25, 0.3) is 0 Å². The van der Waals surface area contributed by atoms with Crippen LogP contribution in [-0.4, -0.2) is 41.5 Å². The molecule has 1 aromatic rings. The lowest BCUT2D eigenvalue weighted by molar-refractivity contribution is -0.121. The van der Waals surface area contributed by atoms with Crippen LogP contribution in [0.1, 0.15) is 43.6 Å². The van der Waals surface area contributed by atoms with E-state index in [-0.39, 0.29) is 23.4 Å². The largest absolute Gasteiger partial charge is 0.350 e. The topological polar surface area (TPSA) is 61.4 Å². The summed E-state index contributed by atoms with van der Waals surface area (Å²) in [6, 6.07) is 10.5. The Kier molecular flexibility index (Phi) is 3.51. The molecule has 5 nitrogen and oxygen atoms in total. The lowest BCUT2D eigenvalue weighted by Gasteiger charge is -2.39. The molecule has 1 aromatic carbocycles. The minimum Gasteiger partial charge on any atom is -0.350 e. The normalized spacial score (nSPS) is 26.2. The van der Waals surface area contributed by atoms with E-state index in [4.69, 9.17) is 0 Å². The predicted octanol–water partition coefficient (Wildman–Crippen LogP) is 2.00. The molecular weight excluding hydrogens is 290 g/mol. The van der Waals surface area contributed by atoms with Gasteiger partial charge in [0.1, 0.15) is 0 Å². The molecule has 3 amide bonds. The van der Waals surface area contributed by atoms with Crippen LogP contribution in [-0.2, 0) is 4.79 Å². The summed E-state index contributed by atoms with van der Waals surface area (Å²) in [5.41, 5.74) is 0.962. The molecule has 2 heterocycles. The Morgan fingerprint density at radius 2 is 1.87 bits per heavy atom. The number of amides is 3. The molecule has 1 atom stereocenters. The molecule has 1 spiro atoms. The highest BCUT2D eigenvalue weighted by molar-refractivity contribution is 5.87. The number of hydrogen-bond acceptors (Lipinski definition) is 2. The van der Waals surface area contributed by atoms with Crippen LogP contribution in [0, 0.1) is 0 Å². The Balaban J connectivity index is 1.39. The third-order valence-electron chi connectivity index (χ3n) is 5.41. The average molecular weight is 313 g/mol. The number of nitrogens with one attached hydrogen (secondary N) is 2. The second-order valence-corrected chi connectivity index (χ2v) is 7.15. The third-order valence-corrected chi connectivity index (χ3v) is 5.41. The van der Waals surface area contributed by atoms with Crippen molar-refractivity contribution in [2.24, 2.45) is 0 Å². The van der Waals surface area contributed by atoms with Gasteiger partial charge in [-0.3, -0.25) is 4.79 Å². The maximum absolute atomic E-state index is 12.4. The van der Waals surface area contributed by atoms with Gasteiger partial charge in [0.2, 0.25) is 5.91 Å². The first-order valence-electron chi connectivity index (χ1n) is 8.58. The fourth-order valence-electron chi connectivity index (χ4n) is 3.80. The Morgan fingerprint density at radius 1 is 1.17 bits per heavy atom. The summed E-state index contributed by atoms with van der Waals surface area (Å²) in [7, 11) is 0. The van der Waals surface area contributed by atoms with E-state index in [0.717, 1.165) is 50.8 Å². The quantitative estimate of drug-likeness (QED) is 0.877. The highest BCUT2D eigenvalue weighted by Crippen LogP contribution is 2.39. The molecule has 1 aliphatic carbocycles. The zero-order valence-electron chi connectivity index (χ0n) is 13.3. The summed E-state index contributed by atoms with van der Waals surface area (Å²) < 4.78 is 0. The summed E-state index contributed by atoms with van der Waals surface area (Å²) in [6.07, 6.45) is 4.75. The van der Waals surface area contributed by atoms with Gasteiger partial charge in [0.15, 0.2) is 0 Å². The van der Waals surface area contributed by atoms with Crippen LogP contribution in [0.2, 0.25) is 0 Å². The van der Waals surface area contributed by atoms with Crippen molar-refractivity contribution >= 4 is 11.9 Å². The number of nitrogens with zero attached hydrogens (tertiary/aromatic N) is 1. The molecule has 1 saturated carbocycles. The zero-order chi connectivity index (χ0) is 15.9. The Labute approximate surface area is 136 Å². The van der Waals surface area contributed by atoms with Gasteiger partial charge in [-0.2, -0.15) is 0 Å². The van der Waals surface area contributed by atoms with Crippen molar-refractivity contribution in [1.29, 1.82) is 0 Å². The second kappa shape index (κ2) is 5.55. The average Bonchev–Trinajstić information content (AvgIpc) is 3.32. The van der Waals surface area contributed by atoms with Crippen molar-refractivity contribution < 1.29 is 9.59 Å². The number of likely N-dealkylation sites (tertiary alicyclic amines) is 1. The van der Waals surface area contributed by atoms with E-state index in [0.29, 0.717) is 6.04 Å². The van der Waals surface area contributed by atoms with Crippen LogP contribution in [0.25, 0.3) is 0 Å². The fraction of sp³-hybridized carbons (Fsp3) is 0.556. The van der Waals surface area contributed by atoms with E-state index >= 15 is 0 Å². The van der Waals surface area contributed by atoms with E-state index in [9.17, 15) is 9.59 Å². The van der Waals surface area contributed by atoms with Crippen molar-refractivity contribution in [3.63, 3.8) is 0 Å². The first-order valence-corrected chi connectivity index (χ1v) is 8.58. The molecule has 3 aliphatic rings. The van der Waals surface area contributed by atoms with Gasteiger partial charge >= 0.3 is 6.03 Å². The third kappa shape index (κ3) is 2.92. The number of urea groups is 1. The van der Waals surface area contributed by atoms with Crippen molar-refractivity contribution in [1.82, 2.24) is 15.5 Å². The molecule has 2 aliphatic heterocycles. The smallest absolute Gasteiger partial charge is 0.317 e. The summed E-state index contributed by atoms with van der Waals surface area (Å²) in [5, 5.41) is 6.28. The van der Waals surface area contributed by atoms with E-state index in [1.165, 1.54) is 0 Å². The molecule has 2 N–H and O–H groups in total. The Bertz CT molecular complexity index is 604. The molecule has 3 fully saturated rings. The van der Waals surface area contributed by atoms with Gasteiger partial charge in [0, 0.05) is 24.7 Å². The van der Waals surface area contributed by atoms with Crippen LogP contribution in [0.4, 0.5) is 4.79 Å². The maximum Gasteiger partial charge on any atom is 0.317 e. The number of hydrogen-bond donors (Lipinski definition) is 2. The van der Waals surface area contributed by atoms with Gasteiger partial charge < -0.3 is 15.5 Å². The number of benzene rings is 1. The minimum atomic E-state index is -0.131. The fourth-order valence-corrected chi connectivity index (χ4v) is 3.80. The summed E-state index contributed by atoms with van der Waals surface area (Å²) in [6.45, 7) is 1.45. The highest BCUT2D eigenvalue weighted by Gasteiger charge is 2.46. The second-order valence-electron chi connectivity index (χ2n) is 7.15. The van der Waals surface area contributed by atoms with Crippen molar-refractivity contribution in [3.8, 4) is 0 Å². The zero-order valence-corrected chi connectivity index (χ0v) is 13.3. The lowest BCUT2D eigenvalue weighted by Crippen LogP contribution is -2.54. The van der Waals surface area contributed by atoms with E-state index in [2.05, 4.69) is 10.6 Å². The van der Waals surface area contributed by atoms with E-state index in [1.807, 2.05) is 35.2 Å². The minimum absolute atomic E-state index is 0.0527. The number of piperidine rings is 1. The monoisotopic (exact) mass is 313 g/mol. The Hall–Kier alpha value is -2.04. The number of carbonyl (C=O) groups excluding carboxylic acids is 2. The standard InChI is InChI=1S/C18H23N3O2/c22-16-15(13-4-2-1-3-5-13)12-18(20-16)8-10-21(11-9-18)17(23)19-14-6-7-14/h1-5,14-15H,6-12H2,(H,19,23)(H,20,22). The van der Waals surface area contributed by atoms with Crippen molar-refractivity contribution in [2.75, 3.05) is 13.1 Å². The van der Waals surface area contributed by atoms with Gasteiger partial charge in [0.05, 0.1) is 5.92 Å². The summed E-state index contributed by atoms with van der Waals surface area (Å²) in [4.78, 5) is 26.4. The van der Waals surface area contributed by atoms with Crippen LogP contribution in [0.15, 0.2) is 30.3 Å². The number of carbonyl (C=O) groups is 2. The molecule has 5 heteroatoms. The lowest BCUT2D eigenvalue weighted by atomic mass is 9.82. The van der Waals surface area contributed by atoms with Crippen LogP contribution in [0.3, 0.4) is 0 Å². The SMILES string of the molecule is O=C1NC2(CCN(C(=O)NC3CC3)CC2)CC1c1ccccc1. The molecule has 0 aromatic heterocycles. The van der Waals surface area contributed by atoms with Gasteiger partial charge in [-0.15, -0.1) is 0 Å². The predicted molar refractivity (Wildman–Crippen MR) is 87.0 cm³/mol. The van der Waals surface area contributed by atoms with Gasteiger partial charge in [-0.1, -0.05) is 30.3 Å². The highest BCUT2D eigenvalue weighted by atomic mass is 16.2.